The number of benzene rings is 2. The second-order valence-corrected chi connectivity index (χ2v) is 4.60. The molecule has 18 heavy (non-hydrogen) atoms. The van der Waals surface area contributed by atoms with Crippen molar-refractivity contribution < 1.29 is 10.2 Å². The maximum absolute atomic E-state index is 10.8. The SMILES string of the molecule is CCC(O)(Cc1cccc(O)c1)c1ccccc1. The van der Waals surface area contributed by atoms with Crippen molar-refractivity contribution >= 4 is 0 Å². The maximum Gasteiger partial charge on any atom is 0.115 e. The molecule has 2 rings (SSSR count). The van der Waals surface area contributed by atoms with Crippen LogP contribution in [0.3, 0.4) is 0 Å². The van der Waals surface area contributed by atoms with Crippen LogP contribution in [0.15, 0.2) is 54.6 Å². The zero-order chi connectivity index (χ0) is 13.0. The molecule has 0 radical (unpaired) electrons. The van der Waals surface area contributed by atoms with Gasteiger partial charge in [-0.15, -0.1) is 0 Å². The molecule has 0 saturated carbocycles. The van der Waals surface area contributed by atoms with E-state index >= 15 is 0 Å². The van der Waals surface area contributed by atoms with E-state index in [9.17, 15) is 10.2 Å². The van der Waals surface area contributed by atoms with E-state index in [0.717, 1.165) is 11.1 Å². The third kappa shape index (κ3) is 2.71. The van der Waals surface area contributed by atoms with E-state index in [2.05, 4.69) is 0 Å². The molecule has 0 aliphatic carbocycles. The van der Waals surface area contributed by atoms with E-state index < -0.39 is 5.60 Å². The van der Waals surface area contributed by atoms with E-state index in [-0.39, 0.29) is 5.75 Å². The highest BCUT2D eigenvalue weighted by atomic mass is 16.3. The van der Waals surface area contributed by atoms with Gasteiger partial charge < -0.3 is 10.2 Å². The average Bonchev–Trinajstić information content (AvgIpc) is 2.39. The molecule has 0 fully saturated rings. The van der Waals surface area contributed by atoms with Crippen LogP contribution in [0.25, 0.3) is 0 Å². The Morgan fingerprint density at radius 3 is 2.33 bits per heavy atom. The van der Waals surface area contributed by atoms with Crippen LogP contribution in [0.1, 0.15) is 24.5 Å². The van der Waals surface area contributed by atoms with Crippen LogP contribution in [0.5, 0.6) is 5.75 Å². The molecular weight excluding hydrogens is 224 g/mol. The van der Waals surface area contributed by atoms with Crippen LogP contribution >= 0.6 is 0 Å². The zero-order valence-electron chi connectivity index (χ0n) is 10.5. The van der Waals surface area contributed by atoms with Crippen LogP contribution in [0, 0.1) is 0 Å². The van der Waals surface area contributed by atoms with Gasteiger partial charge in [-0.2, -0.15) is 0 Å². The predicted molar refractivity (Wildman–Crippen MR) is 72.4 cm³/mol. The summed E-state index contributed by atoms with van der Waals surface area (Å²) >= 11 is 0. The molecule has 0 aliphatic rings. The highest BCUT2D eigenvalue weighted by Crippen LogP contribution is 2.29. The molecule has 2 aromatic rings. The van der Waals surface area contributed by atoms with Gasteiger partial charge in [-0.3, -0.25) is 0 Å². The van der Waals surface area contributed by atoms with Crippen molar-refractivity contribution in [3.8, 4) is 5.75 Å². The Kier molecular flexibility index (Phi) is 3.68. The summed E-state index contributed by atoms with van der Waals surface area (Å²) in [6.45, 7) is 1.97. The molecule has 2 heteroatoms. The minimum absolute atomic E-state index is 0.235. The van der Waals surface area contributed by atoms with Crippen LogP contribution in [0.2, 0.25) is 0 Å². The number of hydrogen-bond acceptors (Lipinski definition) is 2. The number of rotatable bonds is 4. The molecule has 2 N–H and O–H groups in total. The lowest BCUT2D eigenvalue weighted by Gasteiger charge is -2.27. The lowest BCUT2D eigenvalue weighted by atomic mass is 9.85. The Hall–Kier alpha value is -1.80. The maximum atomic E-state index is 10.8. The van der Waals surface area contributed by atoms with Crippen LogP contribution in [0.4, 0.5) is 0 Å². The number of aliphatic hydroxyl groups is 1. The molecule has 0 heterocycles. The first-order valence-corrected chi connectivity index (χ1v) is 6.20. The van der Waals surface area contributed by atoms with Gasteiger partial charge in [0, 0.05) is 6.42 Å². The first-order valence-electron chi connectivity index (χ1n) is 6.20. The fourth-order valence-electron chi connectivity index (χ4n) is 2.18. The predicted octanol–water partition coefficient (Wildman–Crippen LogP) is 3.23. The summed E-state index contributed by atoms with van der Waals surface area (Å²) in [7, 11) is 0. The van der Waals surface area contributed by atoms with Gasteiger partial charge in [0.2, 0.25) is 0 Å². The van der Waals surface area contributed by atoms with Crippen molar-refractivity contribution in [2.45, 2.75) is 25.4 Å². The van der Waals surface area contributed by atoms with Gasteiger partial charge in [0.05, 0.1) is 5.60 Å². The van der Waals surface area contributed by atoms with Gasteiger partial charge >= 0.3 is 0 Å². The van der Waals surface area contributed by atoms with Gasteiger partial charge in [0.25, 0.3) is 0 Å². The summed E-state index contributed by atoms with van der Waals surface area (Å²) in [5.41, 5.74) is 0.966. The molecule has 0 aliphatic heterocycles. The van der Waals surface area contributed by atoms with Gasteiger partial charge in [0.1, 0.15) is 5.75 Å². The van der Waals surface area contributed by atoms with Crippen molar-refractivity contribution in [2.75, 3.05) is 0 Å². The largest absolute Gasteiger partial charge is 0.508 e. The fourth-order valence-corrected chi connectivity index (χ4v) is 2.18. The highest BCUT2D eigenvalue weighted by molar-refractivity contribution is 5.31. The topological polar surface area (TPSA) is 40.5 Å². The molecule has 1 unspecified atom stereocenters. The monoisotopic (exact) mass is 242 g/mol. The van der Waals surface area contributed by atoms with Gasteiger partial charge in [0.15, 0.2) is 0 Å². The normalized spacial score (nSPS) is 14.1. The van der Waals surface area contributed by atoms with Crippen molar-refractivity contribution in [3.05, 3.63) is 65.7 Å². The minimum atomic E-state index is -0.880. The van der Waals surface area contributed by atoms with Crippen molar-refractivity contribution in [3.63, 3.8) is 0 Å². The Morgan fingerprint density at radius 1 is 1.00 bits per heavy atom. The molecule has 2 nitrogen and oxygen atoms in total. The third-order valence-electron chi connectivity index (χ3n) is 3.30. The summed E-state index contributed by atoms with van der Waals surface area (Å²) in [5, 5.41) is 20.2. The smallest absolute Gasteiger partial charge is 0.115 e. The molecule has 94 valence electrons. The Bertz CT molecular complexity index is 508. The molecule has 0 aromatic heterocycles. The Morgan fingerprint density at radius 2 is 1.72 bits per heavy atom. The van der Waals surface area contributed by atoms with E-state index in [1.807, 2.05) is 43.3 Å². The molecular formula is C16H18O2. The first kappa shape index (κ1) is 12.7. The zero-order valence-corrected chi connectivity index (χ0v) is 10.5. The highest BCUT2D eigenvalue weighted by Gasteiger charge is 2.27. The summed E-state index contributed by atoms with van der Waals surface area (Å²) in [6, 6.07) is 16.7. The fraction of sp³-hybridized carbons (Fsp3) is 0.250. The van der Waals surface area contributed by atoms with Crippen LogP contribution in [-0.4, -0.2) is 10.2 Å². The van der Waals surface area contributed by atoms with E-state index in [4.69, 9.17) is 0 Å². The van der Waals surface area contributed by atoms with Crippen molar-refractivity contribution in [1.29, 1.82) is 0 Å². The molecule has 2 aromatic carbocycles. The lowest BCUT2D eigenvalue weighted by molar-refractivity contribution is 0.0327. The van der Waals surface area contributed by atoms with Gasteiger partial charge in [-0.25, -0.2) is 0 Å². The number of phenolic OH excluding ortho intramolecular Hbond substituents is 1. The first-order chi connectivity index (χ1) is 8.64. The number of phenols is 1. The second-order valence-electron chi connectivity index (χ2n) is 4.60. The summed E-state index contributed by atoms with van der Waals surface area (Å²) in [5.74, 6) is 0.235. The van der Waals surface area contributed by atoms with Crippen molar-refractivity contribution in [1.82, 2.24) is 0 Å². The third-order valence-corrected chi connectivity index (χ3v) is 3.30. The molecule has 0 saturated heterocycles. The number of hydrogen-bond donors (Lipinski definition) is 2. The quantitative estimate of drug-likeness (QED) is 0.864. The minimum Gasteiger partial charge on any atom is -0.508 e. The summed E-state index contributed by atoms with van der Waals surface area (Å²) < 4.78 is 0. The van der Waals surface area contributed by atoms with Gasteiger partial charge in [-0.05, 0) is 29.7 Å². The average molecular weight is 242 g/mol. The standard InChI is InChI=1S/C16H18O2/c1-2-16(18,14-8-4-3-5-9-14)12-13-7-6-10-15(17)11-13/h3-11,17-18H,2,12H2,1H3. The Balaban J connectivity index is 2.29. The van der Waals surface area contributed by atoms with E-state index in [0.29, 0.717) is 12.8 Å². The molecule has 0 spiro atoms. The van der Waals surface area contributed by atoms with E-state index in [1.54, 1.807) is 18.2 Å². The molecule has 0 bridgehead atoms. The molecule has 1 atom stereocenters. The summed E-state index contributed by atoms with van der Waals surface area (Å²) in [4.78, 5) is 0. The van der Waals surface area contributed by atoms with Crippen molar-refractivity contribution in [2.24, 2.45) is 0 Å². The van der Waals surface area contributed by atoms with Crippen LogP contribution in [-0.2, 0) is 12.0 Å². The van der Waals surface area contributed by atoms with Gasteiger partial charge in [-0.1, -0.05) is 49.4 Å². The van der Waals surface area contributed by atoms with Crippen LogP contribution < -0.4 is 0 Å². The lowest BCUT2D eigenvalue weighted by Crippen LogP contribution is -2.27. The number of aromatic hydroxyl groups is 1. The van der Waals surface area contributed by atoms with E-state index in [1.165, 1.54) is 0 Å². The molecule has 0 amide bonds. The Labute approximate surface area is 108 Å². The summed E-state index contributed by atoms with van der Waals surface area (Å²) in [6.07, 6.45) is 1.13. The second kappa shape index (κ2) is 5.23.